The van der Waals surface area contributed by atoms with Gasteiger partial charge in [-0.2, -0.15) is 0 Å². The number of benzene rings is 1. The van der Waals surface area contributed by atoms with E-state index >= 15 is 0 Å². The van der Waals surface area contributed by atoms with Crippen LogP contribution in [0.4, 0.5) is 4.79 Å². The van der Waals surface area contributed by atoms with Crippen LogP contribution in [0.2, 0.25) is 0 Å². The predicted molar refractivity (Wildman–Crippen MR) is 93.0 cm³/mol. The summed E-state index contributed by atoms with van der Waals surface area (Å²) in [5.74, 6) is 1.19. The number of amides is 2. The van der Waals surface area contributed by atoms with Gasteiger partial charge in [0.15, 0.2) is 0 Å². The van der Waals surface area contributed by atoms with E-state index in [4.69, 9.17) is 4.74 Å². The van der Waals surface area contributed by atoms with Gasteiger partial charge in [0.25, 0.3) is 0 Å². The molecule has 0 radical (unpaired) electrons. The lowest BCUT2D eigenvalue weighted by atomic mass is 10.1. The molecule has 24 heavy (non-hydrogen) atoms. The molecule has 0 unspecified atom stereocenters. The maximum absolute atomic E-state index is 12.0. The molecule has 4 rings (SSSR count). The first-order valence-electron chi connectivity index (χ1n) is 9.22. The van der Waals surface area contributed by atoms with Gasteiger partial charge in [-0.1, -0.05) is 30.3 Å². The summed E-state index contributed by atoms with van der Waals surface area (Å²) in [6.07, 6.45) is 3.83. The van der Waals surface area contributed by atoms with Crippen molar-refractivity contribution in [3.8, 4) is 0 Å². The fourth-order valence-corrected chi connectivity index (χ4v) is 4.08. The fraction of sp³-hybridized carbons (Fsp3) is 0.632. The average Bonchev–Trinajstić information content (AvgIpc) is 3.26. The van der Waals surface area contributed by atoms with Crippen LogP contribution in [0.5, 0.6) is 0 Å². The molecule has 2 heterocycles. The Bertz CT molecular complexity index is 565. The van der Waals surface area contributed by atoms with Crippen LogP contribution in [0.15, 0.2) is 30.3 Å². The van der Waals surface area contributed by atoms with Crippen molar-refractivity contribution in [2.75, 3.05) is 32.8 Å². The largest absolute Gasteiger partial charge is 0.373 e. The van der Waals surface area contributed by atoms with Crippen molar-refractivity contribution >= 4 is 6.03 Å². The van der Waals surface area contributed by atoms with Crippen molar-refractivity contribution in [1.82, 2.24) is 15.5 Å². The van der Waals surface area contributed by atoms with Crippen molar-refractivity contribution in [2.45, 2.75) is 37.3 Å². The Balaban J connectivity index is 1.13. The number of urea groups is 1. The highest BCUT2D eigenvalue weighted by molar-refractivity contribution is 5.73. The standard InChI is InChI=1S/C19H27N3O2/c23-19(20-10-15-9-18(15)14-5-2-1-3-6-14)21-11-17-12-22-8-4-7-16(22)13-24-17/h1-3,5-6,15-18H,4,7-13H2,(H2,20,21,23)/t15-,16-,17-,18+/m1/s1. The molecule has 1 aliphatic carbocycles. The van der Waals surface area contributed by atoms with E-state index in [-0.39, 0.29) is 12.1 Å². The molecule has 1 saturated carbocycles. The summed E-state index contributed by atoms with van der Waals surface area (Å²) < 4.78 is 5.87. The maximum Gasteiger partial charge on any atom is 0.314 e. The summed E-state index contributed by atoms with van der Waals surface area (Å²) in [6.45, 7) is 4.30. The van der Waals surface area contributed by atoms with Gasteiger partial charge >= 0.3 is 6.03 Å². The molecule has 5 nitrogen and oxygen atoms in total. The number of nitrogens with one attached hydrogen (secondary N) is 2. The molecule has 3 fully saturated rings. The van der Waals surface area contributed by atoms with Gasteiger partial charge in [0, 0.05) is 25.7 Å². The Morgan fingerprint density at radius 1 is 1.21 bits per heavy atom. The number of hydrogen-bond donors (Lipinski definition) is 2. The van der Waals surface area contributed by atoms with Gasteiger partial charge in [-0.15, -0.1) is 0 Å². The molecule has 2 N–H and O–H groups in total. The minimum absolute atomic E-state index is 0.0687. The minimum Gasteiger partial charge on any atom is -0.373 e. The highest BCUT2D eigenvalue weighted by Crippen LogP contribution is 2.46. The SMILES string of the molecule is O=C(NC[C@@H]1CN2CCC[C@@H]2CO1)NC[C@H]1C[C@H]1c1ccccc1. The van der Waals surface area contributed by atoms with E-state index in [1.807, 2.05) is 6.07 Å². The van der Waals surface area contributed by atoms with Gasteiger partial charge in [-0.05, 0) is 43.2 Å². The number of ether oxygens (including phenoxy) is 1. The smallest absolute Gasteiger partial charge is 0.314 e. The number of fused-ring (bicyclic) bond motifs is 1. The lowest BCUT2D eigenvalue weighted by molar-refractivity contribution is -0.0457. The van der Waals surface area contributed by atoms with E-state index in [2.05, 4.69) is 39.8 Å². The zero-order chi connectivity index (χ0) is 16.4. The van der Waals surface area contributed by atoms with Crippen LogP contribution in [0.1, 0.15) is 30.7 Å². The second-order valence-electron chi connectivity index (χ2n) is 7.35. The van der Waals surface area contributed by atoms with E-state index < -0.39 is 0 Å². The number of carbonyl (C=O) groups excluding carboxylic acids is 1. The van der Waals surface area contributed by atoms with Crippen molar-refractivity contribution in [3.05, 3.63) is 35.9 Å². The molecular formula is C19H27N3O2. The molecule has 0 aromatic heterocycles. The molecule has 3 aliphatic rings. The molecule has 1 aromatic rings. The average molecular weight is 329 g/mol. The van der Waals surface area contributed by atoms with E-state index in [0.717, 1.165) is 19.7 Å². The van der Waals surface area contributed by atoms with Crippen molar-refractivity contribution in [3.63, 3.8) is 0 Å². The second-order valence-corrected chi connectivity index (χ2v) is 7.35. The van der Waals surface area contributed by atoms with E-state index in [1.54, 1.807) is 0 Å². The quantitative estimate of drug-likeness (QED) is 0.868. The zero-order valence-electron chi connectivity index (χ0n) is 14.1. The maximum atomic E-state index is 12.0. The second kappa shape index (κ2) is 7.11. The Labute approximate surface area is 143 Å². The number of carbonyl (C=O) groups is 1. The van der Waals surface area contributed by atoms with Gasteiger partial charge < -0.3 is 15.4 Å². The summed E-state index contributed by atoms with van der Waals surface area (Å²) in [5, 5.41) is 5.98. The molecule has 1 aromatic carbocycles. The molecule has 2 amide bonds. The van der Waals surface area contributed by atoms with Crippen LogP contribution < -0.4 is 10.6 Å². The van der Waals surface area contributed by atoms with Crippen LogP contribution in [0.25, 0.3) is 0 Å². The Morgan fingerprint density at radius 2 is 2.04 bits per heavy atom. The minimum atomic E-state index is -0.0687. The topological polar surface area (TPSA) is 53.6 Å². The number of rotatable bonds is 5. The molecule has 130 valence electrons. The molecule has 0 bridgehead atoms. The van der Waals surface area contributed by atoms with Gasteiger partial charge in [0.05, 0.1) is 12.7 Å². The first kappa shape index (κ1) is 15.9. The van der Waals surface area contributed by atoms with Crippen LogP contribution in [-0.4, -0.2) is 55.9 Å². The third-order valence-corrected chi connectivity index (χ3v) is 5.63. The predicted octanol–water partition coefficient (Wildman–Crippen LogP) is 1.95. The highest BCUT2D eigenvalue weighted by Gasteiger charge is 2.38. The summed E-state index contributed by atoms with van der Waals surface area (Å²) in [7, 11) is 0. The van der Waals surface area contributed by atoms with Gasteiger partial charge in [0.1, 0.15) is 0 Å². The third kappa shape index (κ3) is 3.73. The van der Waals surface area contributed by atoms with Crippen molar-refractivity contribution in [1.29, 1.82) is 0 Å². The van der Waals surface area contributed by atoms with Gasteiger partial charge in [-0.25, -0.2) is 4.79 Å². The summed E-state index contributed by atoms with van der Waals surface area (Å²) in [4.78, 5) is 14.5. The Kier molecular flexibility index (Phi) is 4.72. The lowest BCUT2D eigenvalue weighted by Crippen LogP contribution is -2.51. The van der Waals surface area contributed by atoms with Crippen molar-refractivity contribution in [2.24, 2.45) is 5.92 Å². The first-order valence-corrected chi connectivity index (χ1v) is 9.22. The molecule has 2 saturated heterocycles. The van der Waals surface area contributed by atoms with Gasteiger partial charge in [0.2, 0.25) is 0 Å². The summed E-state index contributed by atoms with van der Waals surface area (Å²) >= 11 is 0. The molecule has 5 heteroatoms. The Hall–Kier alpha value is -1.59. The number of hydrogen-bond acceptors (Lipinski definition) is 3. The molecule has 4 atom stereocenters. The number of morpholine rings is 1. The summed E-state index contributed by atoms with van der Waals surface area (Å²) in [5.41, 5.74) is 1.39. The van der Waals surface area contributed by atoms with Gasteiger partial charge in [-0.3, -0.25) is 4.90 Å². The zero-order valence-corrected chi connectivity index (χ0v) is 14.1. The lowest BCUT2D eigenvalue weighted by Gasteiger charge is -2.35. The van der Waals surface area contributed by atoms with Crippen molar-refractivity contribution < 1.29 is 9.53 Å². The Morgan fingerprint density at radius 3 is 2.92 bits per heavy atom. The first-order chi connectivity index (χ1) is 11.8. The van der Waals surface area contributed by atoms with E-state index in [9.17, 15) is 4.79 Å². The van der Waals surface area contributed by atoms with E-state index in [0.29, 0.717) is 24.4 Å². The van der Waals surface area contributed by atoms with E-state index in [1.165, 1.54) is 31.4 Å². The fourth-order valence-electron chi connectivity index (χ4n) is 4.08. The van der Waals surface area contributed by atoms with Crippen LogP contribution in [0.3, 0.4) is 0 Å². The third-order valence-electron chi connectivity index (χ3n) is 5.63. The van der Waals surface area contributed by atoms with Crippen LogP contribution in [-0.2, 0) is 4.74 Å². The molecule has 0 spiro atoms. The molecular weight excluding hydrogens is 302 g/mol. The normalized spacial score (nSPS) is 32.2. The summed E-state index contributed by atoms with van der Waals surface area (Å²) in [6, 6.07) is 11.1. The molecule has 2 aliphatic heterocycles. The van der Waals surface area contributed by atoms with Crippen LogP contribution >= 0.6 is 0 Å². The van der Waals surface area contributed by atoms with Crippen LogP contribution in [0, 0.1) is 5.92 Å². The number of nitrogens with zero attached hydrogens (tertiary/aromatic N) is 1. The highest BCUT2D eigenvalue weighted by atomic mass is 16.5. The monoisotopic (exact) mass is 329 g/mol.